The molecule has 0 aliphatic carbocycles. The highest BCUT2D eigenvalue weighted by Crippen LogP contribution is 2.14. The smallest absolute Gasteiger partial charge is 0.130 e. The van der Waals surface area contributed by atoms with Crippen molar-refractivity contribution in [2.45, 2.75) is 6.42 Å². The zero-order valence-electron chi connectivity index (χ0n) is 10.9. The van der Waals surface area contributed by atoms with Crippen molar-refractivity contribution in [3.05, 3.63) is 30.2 Å². The lowest BCUT2D eigenvalue weighted by Crippen LogP contribution is -2.37. The summed E-state index contributed by atoms with van der Waals surface area (Å²) in [4.78, 5) is 11.4. The van der Waals surface area contributed by atoms with E-state index in [0.29, 0.717) is 0 Å². The number of hydrogen-bond donors (Lipinski definition) is 1. The van der Waals surface area contributed by atoms with Gasteiger partial charge in [0.25, 0.3) is 0 Å². The van der Waals surface area contributed by atoms with Crippen molar-refractivity contribution < 1.29 is 4.74 Å². The molecule has 3 rings (SSSR count). The maximum atomic E-state index is 5.74. The van der Waals surface area contributed by atoms with Crippen LogP contribution in [0.3, 0.4) is 0 Å². The lowest BCUT2D eigenvalue weighted by Gasteiger charge is -2.26. The molecule has 0 saturated carbocycles. The molecule has 100 valence electrons. The number of fused-ring (bicyclic) bond motifs is 1. The topological polar surface area (TPSA) is 64.3 Å². The molecule has 0 spiro atoms. The predicted octanol–water partition coefficient (Wildman–Crippen LogP) is 1.09. The number of nitrogen functional groups attached to an aromatic ring is 1. The number of nitrogens with zero attached hydrogens (tertiary/aromatic N) is 3. The van der Waals surface area contributed by atoms with Gasteiger partial charge in [-0.3, -0.25) is 4.90 Å². The van der Waals surface area contributed by atoms with Gasteiger partial charge >= 0.3 is 0 Å². The Morgan fingerprint density at radius 3 is 2.95 bits per heavy atom. The van der Waals surface area contributed by atoms with Crippen molar-refractivity contribution in [2.24, 2.45) is 0 Å². The summed E-state index contributed by atoms with van der Waals surface area (Å²) in [6.45, 7) is 4.66. The summed E-state index contributed by atoms with van der Waals surface area (Å²) in [6.07, 6.45) is 2.73. The average molecular weight is 258 g/mol. The molecule has 2 aromatic rings. The molecule has 2 N–H and O–H groups in total. The van der Waals surface area contributed by atoms with Gasteiger partial charge < -0.3 is 10.5 Å². The van der Waals surface area contributed by atoms with Crippen LogP contribution in [0.15, 0.2) is 24.4 Å². The minimum Gasteiger partial charge on any atom is -0.399 e. The van der Waals surface area contributed by atoms with Gasteiger partial charge in [-0.15, -0.1) is 0 Å². The highest BCUT2D eigenvalue weighted by atomic mass is 16.5. The van der Waals surface area contributed by atoms with Crippen LogP contribution in [-0.2, 0) is 11.2 Å². The van der Waals surface area contributed by atoms with Crippen molar-refractivity contribution in [1.82, 2.24) is 14.9 Å². The van der Waals surface area contributed by atoms with E-state index in [-0.39, 0.29) is 0 Å². The van der Waals surface area contributed by atoms with E-state index < -0.39 is 0 Å². The van der Waals surface area contributed by atoms with Gasteiger partial charge in [-0.1, -0.05) is 0 Å². The largest absolute Gasteiger partial charge is 0.399 e. The van der Waals surface area contributed by atoms with Crippen LogP contribution in [0.4, 0.5) is 5.69 Å². The van der Waals surface area contributed by atoms with Crippen LogP contribution in [0, 0.1) is 0 Å². The first-order valence-corrected chi connectivity index (χ1v) is 6.62. The van der Waals surface area contributed by atoms with E-state index in [0.717, 1.165) is 61.7 Å². The Balaban J connectivity index is 1.69. The Morgan fingerprint density at radius 1 is 1.26 bits per heavy atom. The zero-order valence-corrected chi connectivity index (χ0v) is 10.9. The highest BCUT2D eigenvalue weighted by molar-refractivity contribution is 5.80. The van der Waals surface area contributed by atoms with Crippen LogP contribution >= 0.6 is 0 Å². The van der Waals surface area contributed by atoms with E-state index in [1.54, 1.807) is 0 Å². The van der Waals surface area contributed by atoms with Crippen LogP contribution in [0.2, 0.25) is 0 Å². The zero-order chi connectivity index (χ0) is 13.1. The molecule has 0 radical (unpaired) electrons. The fourth-order valence-electron chi connectivity index (χ4n) is 2.29. The van der Waals surface area contributed by atoms with E-state index in [1.807, 2.05) is 24.4 Å². The minimum absolute atomic E-state index is 0.747. The fraction of sp³-hybridized carbons (Fsp3) is 0.429. The van der Waals surface area contributed by atoms with Gasteiger partial charge in [0.1, 0.15) is 5.82 Å². The minimum atomic E-state index is 0.747. The number of aromatic nitrogens is 2. The predicted molar refractivity (Wildman–Crippen MR) is 74.9 cm³/mol. The number of hydrogen-bond acceptors (Lipinski definition) is 5. The first-order valence-electron chi connectivity index (χ1n) is 6.62. The van der Waals surface area contributed by atoms with E-state index in [1.165, 1.54) is 0 Å². The van der Waals surface area contributed by atoms with Gasteiger partial charge in [0.15, 0.2) is 0 Å². The maximum absolute atomic E-state index is 5.74. The third-order valence-electron chi connectivity index (χ3n) is 3.41. The van der Waals surface area contributed by atoms with Crippen LogP contribution in [0.1, 0.15) is 5.82 Å². The van der Waals surface area contributed by atoms with Crippen molar-refractivity contribution in [1.29, 1.82) is 0 Å². The molecule has 1 fully saturated rings. The van der Waals surface area contributed by atoms with Crippen molar-refractivity contribution in [2.75, 3.05) is 38.6 Å². The summed E-state index contributed by atoms with van der Waals surface area (Å²) < 4.78 is 5.34. The summed E-state index contributed by atoms with van der Waals surface area (Å²) in [5.74, 6) is 0.892. The Hall–Kier alpha value is -1.72. The van der Waals surface area contributed by atoms with E-state index in [4.69, 9.17) is 10.5 Å². The second-order valence-corrected chi connectivity index (χ2v) is 4.81. The van der Waals surface area contributed by atoms with Crippen molar-refractivity contribution in [3.63, 3.8) is 0 Å². The van der Waals surface area contributed by atoms with Gasteiger partial charge in [0, 0.05) is 43.3 Å². The third kappa shape index (κ3) is 3.00. The molecule has 5 nitrogen and oxygen atoms in total. The molecule has 0 atom stereocenters. The highest BCUT2D eigenvalue weighted by Gasteiger charge is 2.10. The molecule has 19 heavy (non-hydrogen) atoms. The molecular weight excluding hydrogens is 240 g/mol. The molecule has 1 aliphatic rings. The van der Waals surface area contributed by atoms with Gasteiger partial charge in [0.2, 0.25) is 0 Å². The van der Waals surface area contributed by atoms with Gasteiger partial charge in [-0.05, 0) is 18.2 Å². The molecule has 1 saturated heterocycles. The average Bonchev–Trinajstić information content (AvgIpc) is 2.46. The van der Waals surface area contributed by atoms with Crippen LogP contribution in [0.5, 0.6) is 0 Å². The van der Waals surface area contributed by atoms with Gasteiger partial charge in [0.05, 0.1) is 18.7 Å². The fourth-order valence-corrected chi connectivity index (χ4v) is 2.29. The van der Waals surface area contributed by atoms with E-state index in [9.17, 15) is 0 Å². The first-order chi connectivity index (χ1) is 9.31. The van der Waals surface area contributed by atoms with Crippen molar-refractivity contribution in [3.8, 4) is 0 Å². The molecule has 1 aromatic carbocycles. The van der Waals surface area contributed by atoms with Crippen LogP contribution < -0.4 is 5.73 Å². The third-order valence-corrected chi connectivity index (χ3v) is 3.41. The summed E-state index contributed by atoms with van der Waals surface area (Å²) in [5, 5.41) is 0.995. The monoisotopic (exact) mass is 258 g/mol. The molecular formula is C14H18N4O. The quantitative estimate of drug-likeness (QED) is 0.835. The van der Waals surface area contributed by atoms with Crippen LogP contribution in [0.25, 0.3) is 10.9 Å². The number of rotatable bonds is 3. The van der Waals surface area contributed by atoms with Gasteiger partial charge in [-0.2, -0.15) is 0 Å². The number of ether oxygens (including phenoxy) is 1. The lowest BCUT2D eigenvalue weighted by atomic mass is 10.2. The molecule has 5 heteroatoms. The normalized spacial score (nSPS) is 16.8. The second-order valence-electron chi connectivity index (χ2n) is 4.81. The van der Waals surface area contributed by atoms with Gasteiger partial charge in [-0.25, -0.2) is 9.97 Å². The van der Waals surface area contributed by atoms with E-state index in [2.05, 4.69) is 14.9 Å². The maximum Gasteiger partial charge on any atom is 0.130 e. The Morgan fingerprint density at radius 2 is 2.11 bits per heavy atom. The second kappa shape index (κ2) is 5.50. The lowest BCUT2D eigenvalue weighted by molar-refractivity contribution is 0.0382. The molecule has 0 bridgehead atoms. The summed E-state index contributed by atoms with van der Waals surface area (Å²) in [5.41, 5.74) is 7.45. The van der Waals surface area contributed by atoms with E-state index >= 15 is 0 Å². The standard InChI is InChI=1S/C14H18N4O/c15-12-1-2-13-11(9-12)10-16-14(17-13)3-4-18-5-7-19-8-6-18/h1-2,9-10H,3-8,15H2. The van der Waals surface area contributed by atoms with Crippen molar-refractivity contribution >= 4 is 16.6 Å². The molecule has 1 aromatic heterocycles. The molecule has 1 aliphatic heterocycles. The Labute approximate surface area is 112 Å². The number of nitrogens with two attached hydrogens (primary N) is 1. The molecule has 0 amide bonds. The summed E-state index contributed by atoms with van der Waals surface area (Å²) in [6, 6.07) is 5.73. The Bertz CT molecular complexity index is 566. The number of anilines is 1. The first kappa shape index (κ1) is 12.3. The Kier molecular flexibility index (Phi) is 3.57. The number of morpholine rings is 1. The number of benzene rings is 1. The SMILES string of the molecule is Nc1ccc2nc(CCN3CCOCC3)ncc2c1. The molecule has 0 unspecified atom stereocenters. The molecule has 2 heterocycles. The summed E-state index contributed by atoms with van der Waals surface area (Å²) in [7, 11) is 0. The van der Waals surface area contributed by atoms with Crippen LogP contribution in [-0.4, -0.2) is 47.7 Å². The summed E-state index contributed by atoms with van der Waals surface area (Å²) >= 11 is 0.